The van der Waals surface area contributed by atoms with Crippen molar-refractivity contribution in [2.75, 3.05) is 19.8 Å². The molecule has 2 N–H and O–H groups in total. The Morgan fingerprint density at radius 2 is 2.21 bits per heavy atom. The van der Waals surface area contributed by atoms with Crippen molar-refractivity contribution in [3.8, 4) is 0 Å². The second-order valence-corrected chi connectivity index (χ2v) is 4.78. The highest BCUT2D eigenvalue weighted by atomic mass is 16.6. The predicted octanol–water partition coefficient (Wildman–Crippen LogP) is 1.91. The fourth-order valence-electron chi connectivity index (χ4n) is 2.28. The summed E-state index contributed by atoms with van der Waals surface area (Å²) < 4.78 is 10.9. The van der Waals surface area contributed by atoms with Crippen molar-refractivity contribution in [3.05, 3.63) is 35.4 Å². The Labute approximate surface area is 113 Å². The fraction of sp³-hybridized carbons (Fsp3) is 0.533. The lowest BCUT2D eigenvalue weighted by atomic mass is 10.0. The van der Waals surface area contributed by atoms with Crippen LogP contribution in [0.2, 0.25) is 0 Å². The molecule has 1 fully saturated rings. The number of esters is 1. The number of benzene rings is 1. The molecular weight excluding hydrogens is 242 g/mol. The van der Waals surface area contributed by atoms with Gasteiger partial charge in [0.15, 0.2) is 0 Å². The van der Waals surface area contributed by atoms with E-state index in [0.29, 0.717) is 25.1 Å². The van der Waals surface area contributed by atoms with Gasteiger partial charge in [-0.15, -0.1) is 0 Å². The quantitative estimate of drug-likeness (QED) is 0.824. The number of nitrogens with two attached hydrogens (primary N) is 1. The average Bonchev–Trinajstić information content (AvgIpc) is 2.47. The first-order valence-corrected chi connectivity index (χ1v) is 6.88. The number of rotatable bonds is 5. The minimum absolute atomic E-state index is 0.0550. The summed E-state index contributed by atoms with van der Waals surface area (Å²) in [5.74, 6) is -0.279. The van der Waals surface area contributed by atoms with Crippen LogP contribution in [0.5, 0.6) is 0 Å². The molecular formula is C15H21NO3. The Balaban J connectivity index is 1.91. The highest BCUT2D eigenvalue weighted by Gasteiger charge is 2.18. The monoisotopic (exact) mass is 263 g/mol. The first kappa shape index (κ1) is 14.0. The Morgan fingerprint density at radius 3 is 2.95 bits per heavy atom. The van der Waals surface area contributed by atoms with E-state index in [4.69, 9.17) is 15.2 Å². The zero-order chi connectivity index (χ0) is 13.5. The first-order valence-electron chi connectivity index (χ1n) is 6.88. The molecule has 0 amide bonds. The normalized spacial score (nSPS) is 19.1. The summed E-state index contributed by atoms with van der Waals surface area (Å²) in [4.78, 5) is 12.1. The van der Waals surface area contributed by atoms with E-state index in [0.717, 1.165) is 31.4 Å². The molecule has 1 aliphatic heterocycles. The molecule has 4 nitrogen and oxygen atoms in total. The van der Waals surface area contributed by atoms with Crippen LogP contribution < -0.4 is 5.73 Å². The van der Waals surface area contributed by atoms with Gasteiger partial charge in [-0.2, -0.15) is 0 Å². The molecule has 0 aliphatic carbocycles. The van der Waals surface area contributed by atoms with Crippen molar-refractivity contribution in [2.45, 2.75) is 31.8 Å². The van der Waals surface area contributed by atoms with Crippen LogP contribution in [0.4, 0.5) is 0 Å². The van der Waals surface area contributed by atoms with Crippen molar-refractivity contribution in [3.63, 3.8) is 0 Å². The highest BCUT2D eigenvalue weighted by Crippen LogP contribution is 2.15. The fourth-order valence-corrected chi connectivity index (χ4v) is 2.28. The van der Waals surface area contributed by atoms with Gasteiger partial charge in [-0.3, -0.25) is 0 Å². The van der Waals surface area contributed by atoms with Crippen molar-refractivity contribution in [2.24, 2.45) is 5.73 Å². The summed E-state index contributed by atoms with van der Waals surface area (Å²) in [6.07, 6.45) is 3.96. The molecule has 104 valence electrons. The minimum atomic E-state index is -0.279. The molecule has 1 heterocycles. The molecule has 1 atom stereocenters. The number of hydrogen-bond donors (Lipinski definition) is 1. The second-order valence-electron chi connectivity index (χ2n) is 4.78. The average molecular weight is 263 g/mol. The number of ether oxygens (including phenoxy) is 2. The zero-order valence-corrected chi connectivity index (χ0v) is 11.1. The van der Waals surface area contributed by atoms with E-state index >= 15 is 0 Å². The zero-order valence-electron chi connectivity index (χ0n) is 11.1. The lowest BCUT2D eigenvalue weighted by Gasteiger charge is -2.22. The molecule has 0 saturated carbocycles. The molecule has 1 aromatic rings. The summed E-state index contributed by atoms with van der Waals surface area (Å²) in [6, 6.07) is 7.45. The summed E-state index contributed by atoms with van der Waals surface area (Å²) in [5.41, 5.74) is 7.11. The smallest absolute Gasteiger partial charge is 0.338 e. The summed E-state index contributed by atoms with van der Waals surface area (Å²) in [7, 11) is 0. The Bertz CT molecular complexity index is 414. The van der Waals surface area contributed by atoms with Crippen LogP contribution in [-0.2, 0) is 15.9 Å². The summed E-state index contributed by atoms with van der Waals surface area (Å²) >= 11 is 0. The predicted molar refractivity (Wildman–Crippen MR) is 73.1 cm³/mol. The van der Waals surface area contributed by atoms with E-state index in [9.17, 15) is 4.79 Å². The Hall–Kier alpha value is -1.39. The Kier molecular flexibility index (Phi) is 5.36. The second kappa shape index (κ2) is 7.26. The molecule has 1 unspecified atom stereocenters. The van der Waals surface area contributed by atoms with E-state index in [1.807, 2.05) is 18.2 Å². The van der Waals surface area contributed by atoms with Crippen LogP contribution >= 0.6 is 0 Å². The molecule has 0 radical (unpaired) electrons. The largest absolute Gasteiger partial charge is 0.459 e. The standard InChI is InChI=1S/C15H21NO3/c16-9-8-12-5-1-2-7-14(12)15(17)19-11-13-6-3-4-10-18-13/h1-2,5,7,13H,3-4,6,8-11,16H2. The third kappa shape index (κ3) is 4.04. The van der Waals surface area contributed by atoms with Gasteiger partial charge in [-0.05, 0) is 43.9 Å². The molecule has 0 spiro atoms. The van der Waals surface area contributed by atoms with Crippen molar-refractivity contribution >= 4 is 5.97 Å². The van der Waals surface area contributed by atoms with Gasteiger partial charge >= 0.3 is 5.97 Å². The maximum absolute atomic E-state index is 12.1. The SMILES string of the molecule is NCCc1ccccc1C(=O)OCC1CCCCO1. The van der Waals surface area contributed by atoms with Crippen LogP contribution in [0.15, 0.2) is 24.3 Å². The third-order valence-electron chi connectivity index (χ3n) is 3.33. The van der Waals surface area contributed by atoms with Crippen molar-refractivity contribution in [1.82, 2.24) is 0 Å². The Morgan fingerprint density at radius 1 is 1.37 bits per heavy atom. The molecule has 0 bridgehead atoms. The van der Waals surface area contributed by atoms with Gasteiger partial charge in [-0.25, -0.2) is 4.79 Å². The number of hydrogen-bond acceptors (Lipinski definition) is 4. The van der Waals surface area contributed by atoms with E-state index in [1.165, 1.54) is 0 Å². The van der Waals surface area contributed by atoms with Gasteiger partial charge in [0.1, 0.15) is 6.61 Å². The molecule has 1 aromatic carbocycles. The lowest BCUT2D eigenvalue weighted by molar-refractivity contribution is -0.0300. The van der Waals surface area contributed by atoms with Gasteiger partial charge in [0.05, 0.1) is 11.7 Å². The van der Waals surface area contributed by atoms with Crippen LogP contribution in [0.3, 0.4) is 0 Å². The van der Waals surface area contributed by atoms with Gasteiger partial charge in [-0.1, -0.05) is 18.2 Å². The number of carbonyl (C=O) groups is 1. The van der Waals surface area contributed by atoms with Gasteiger partial charge in [0, 0.05) is 6.61 Å². The summed E-state index contributed by atoms with van der Waals surface area (Å²) in [5, 5.41) is 0. The first-order chi connectivity index (χ1) is 9.31. The van der Waals surface area contributed by atoms with Gasteiger partial charge in [0.2, 0.25) is 0 Å². The molecule has 2 rings (SSSR count). The topological polar surface area (TPSA) is 61.6 Å². The van der Waals surface area contributed by atoms with Crippen LogP contribution in [0, 0.1) is 0 Å². The minimum Gasteiger partial charge on any atom is -0.459 e. The van der Waals surface area contributed by atoms with Crippen LogP contribution in [0.1, 0.15) is 35.2 Å². The third-order valence-corrected chi connectivity index (χ3v) is 3.33. The molecule has 4 heteroatoms. The number of carbonyl (C=O) groups excluding carboxylic acids is 1. The molecule has 1 saturated heterocycles. The van der Waals surface area contributed by atoms with Crippen LogP contribution in [0.25, 0.3) is 0 Å². The molecule has 19 heavy (non-hydrogen) atoms. The maximum Gasteiger partial charge on any atom is 0.338 e. The highest BCUT2D eigenvalue weighted by molar-refractivity contribution is 5.91. The van der Waals surface area contributed by atoms with E-state index < -0.39 is 0 Å². The van der Waals surface area contributed by atoms with Crippen molar-refractivity contribution < 1.29 is 14.3 Å². The van der Waals surface area contributed by atoms with Gasteiger partial charge in [0.25, 0.3) is 0 Å². The van der Waals surface area contributed by atoms with E-state index in [1.54, 1.807) is 6.07 Å². The van der Waals surface area contributed by atoms with Crippen molar-refractivity contribution in [1.29, 1.82) is 0 Å². The van der Waals surface area contributed by atoms with Gasteiger partial charge < -0.3 is 15.2 Å². The van der Waals surface area contributed by atoms with E-state index in [2.05, 4.69) is 0 Å². The molecule has 0 aromatic heterocycles. The maximum atomic E-state index is 12.1. The summed E-state index contributed by atoms with van der Waals surface area (Å²) in [6.45, 7) is 1.64. The molecule has 1 aliphatic rings. The van der Waals surface area contributed by atoms with Crippen LogP contribution in [-0.4, -0.2) is 31.8 Å². The lowest BCUT2D eigenvalue weighted by Crippen LogP contribution is -2.26. The van der Waals surface area contributed by atoms with E-state index in [-0.39, 0.29) is 12.1 Å².